The first-order chi connectivity index (χ1) is 18.3. The van der Waals surface area contributed by atoms with Crippen molar-refractivity contribution in [2.24, 2.45) is 5.73 Å². The van der Waals surface area contributed by atoms with Crippen molar-refractivity contribution < 1.29 is 37.6 Å². The monoisotopic (exact) mass is 563 g/mol. The first-order valence-corrected chi connectivity index (χ1v) is 16.1. The molecule has 0 heterocycles. The van der Waals surface area contributed by atoms with Gasteiger partial charge in [0.15, 0.2) is 6.10 Å². The number of unbranched alkanes of at least 4 members (excludes halogenated alkanes) is 14. The van der Waals surface area contributed by atoms with Crippen LogP contribution in [0.25, 0.3) is 0 Å². The summed E-state index contributed by atoms with van der Waals surface area (Å²) >= 11 is 0. The molecule has 0 fully saturated rings. The zero-order valence-electron chi connectivity index (χ0n) is 23.9. The second-order valence-corrected chi connectivity index (χ2v) is 11.1. The summed E-state index contributed by atoms with van der Waals surface area (Å²) < 4.78 is 31.4. The molecule has 0 aliphatic carbocycles. The van der Waals surface area contributed by atoms with E-state index < -0.39 is 32.5 Å². The summed E-state index contributed by atoms with van der Waals surface area (Å²) in [6.45, 7) is 2.66. The summed E-state index contributed by atoms with van der Waals surface area (Å²) in [6, 6.07) is 0. The molecule has 0 aliphatic rings. The van der Waals surface area contributed by atoms with Crippen molar-refractivity contribution >= 4 is 19.8 Å². The molecule has 0 aromatic rings. The summed E-state index contributed by atoms with van der Waals surface area (Å²) in [4.78, 5) is 32.8. The van der Waals surface area contributed by atoms with Crippen molar-refractivity contribution in [2.75, 3.05) is 26.4 Å². The van der Waals surface area contributed by atoms with Gasteiger partial charge in [0, 0.05) is 19.9 Å². The molecule has 0 aliphatic heterocycles. The molecule has 0 aromatic carbocycles. The van der Waals surface area contributed by atoms with Gasteiger partial charge >= 0.3 is 19.8 Å². The fourth-order valence-corrected chi connectivity index (χ4v) is 4.59. The van der Waals surface area contributed by atoms with Gasteiger partial charge in [-0.1, -0.05) is 89.7 Å². The lowest BCUT2D eigenvalue weighted by Crippen LogP contribution is -2.29. The molecular weight excluding hydrogens is 509 g/mol. The minimum absolute atomic E-state index is 0.0521. The fourth-order valence-electron chi connectivity index (χ4n) is 3.82. The van der Waals surface area contributed by atoms with Crippen molar-refractivity contribution in [1.82, 2.24) is 0 Å². The molecule has 0 spiro atoms. The molecule has 0 radical (unpaired) electrons. The number of esters is 2. The highest BCUT2D eigenvalue weighted by Gasteiger charge is 2.25. The summed E-state index contributed by atoms with van der Waals surface area (Å²) in [5, 5.41) is 0. The predicted molar refractivity (Wildman–Crippen MR) is 151 cm³/mol. The third kappa shape index (κ3) is 26.4. The molecule has 0 amide bonds. The highest BCUT2D eigenvalue weighted by Crippen LogP contribution is 2.43. The van der Waals surface area contributed by atoms with Gasteiger partial charge in [0.25, 0.3) is 0 Å². The van der Waals surface area contributed by atoms with Crippen LogP contribution in [-0.2, 0) is 32.7 Å². The Bertz CT molecular complexity index is 659. The van der Waals surface area contributed by atoms with Crippen LogP contribution in [0.1, 0.15) is 123 Å². The Morgan fingerprint density at radius 2 is 1.34 bits per heavy atom. The van der Waals surface area contributed by atoms with Crippen LogP contribution in [0.15, 0.2) is 12.2 Å². The third-order valence-corrected chi connectivity index (χ3v) is 6.94. The quantitative estimate of drug-likeness (QED) is 0.0481. The number of nitrogens with two attached hydrogens (primary N) is 1. The lowest BCUT2D eigenvalue weighted by Gasteiger charge is -2.19. The molecule has 0 aromatic heterocycles. The van der Waals surface area contributed by atoms with Crippen LogP contribution in [0.5, 0.6) is 0 Å². The number of hydrogen-bond acceptors (Lipinski definition) is 8. The van der Waals surface area contributed by atoms with Gasteiger partial charge in [0.05, 0.1) is 13.2 Å². The predicted octanol–water partition coefficient (Wildman–Crippen LogP) is 6.76. The van der Waals surface area contributed by atoms with Crippen LogP contribution < -0.4 is 5.73 Å². The van der Waals surface area contributed by atoms with Gasteiger partial charge in [-0.15, -0.1) is 0 Å². The lowest BCUT2D eigenvalue weighted by atomic mass is 10.1. The second-order valence-electron chi connectivity index (χ2n) is 9.70. The molecule has 0 saturated heterocycles. The van der Waals surface area contributed by atoms with Crippen molar-refractivity contribution in [3.8, 4) is 0 Å². The normalized spacial score (nSPS) is 13.9. The van der Waals surface area contributed by atoms with E-state index in [4.69, 9.17) is 19.7 Å². The van der Waals surface area contributed by atoms with Crippen LogP contribution in [0.2, 0.25) is 0 Å². The van der Waals surface area contributed by atoms with E-state index in [-0.39, 0.29) is 26.2 Å². The van der Waals surface area contributed by atoms with Gasteiger partial charge in [-0.25, -0.2) is 4.57 Å². The molecule has 224 valence electrons. The largest absolute Gasteiger partial charge is 0.472 e. The van der Waals surface area contributed by atoms with Crippen molar-refractivity contribution in [1.29, 1.82) is 0 Å². The molecule has 38 heavy (non-hydrogen) atoms. The minimum atomic E-state index is -4.33. The average Bonchev–Trinajstić information content (AvgIpc) is 2.88. The van der Waals surface area contributed by atoms with Crippen molar-refractivity contribution in [2.45, 2.75) is 129 Å². The van der Waals surface area contributed by atoms with E-state index in [9.17, 15) is 19.0 Å². The maximum absolute atomic E-state index is 12.2. The zero-order valence-corrected chi connectivity index (χ0v) is 24.8. The first-order valence-electron chi connectivity index (χ1n) is 14.6. The molecular formula is C28H54NO8P. The van der Waals surface area contributed by atoms with E-state index in [1.54, 1.807) is 0 Å². The first kappa shape index (κ1) is 36.8. The molecule has 2 atom stereocenters. The fraction of sp³-hybridized carbons (Fsp3) is 0.857. The third-order valence-electron chi connectivity index (χ3n) is 5.96. The Morgan fingerprint density at radius 3 is 1.87 bits per heavy atom. The molecule has 10 heteroatoms. The van der Waals surface area contributed by atoms with Gasteiger partial charge < -0.3 is 20.1 Å². The Kier molecular flexibility index (Phi) is 25.1. The molecule has 0 rings (SSSR count). The van der Waals surface area contributed by atoms with Gasteiger partial charge in [-0.05, 0) is 32.1 Å². The van der Waals surface area contributed by atoms with E-state index in [1.807, 2.05) is 0 Å². The maximum Gasteiger partial charge on any atom is 0.472 e. The second kappa shape index (κ2) is 26.0. The summed E-state index contributed by atoms with van der Waals surface area (Å²) in [5.74, 6) is -1.03. The smallest absolute Gasteiger partial charge is 0.462 e. The van der Waals surface area contributed by atoms with Crippen LogP contribution in [0, 0.1) is 0 Å². The lowest BCUT2D eigenvalue weighted by molar-refractivity contribution is -0.160. The number of phosphoric ester groups is 1. The Hall–Kier alpha value is -1.25. The number of rotatable bonds is 27. The van der Waals surface area contributed by atoms with E-state index in [1.165, 1.54) is 77.6 Å². The van der Waals surface area contributed by atoms with Crippen LogP contribution in [-0.4, -0.2) is 49.3 Å². The number of ether oxygens (including phenoxy) is 2. The van der Waals surface area contributed by atoms with Crippen LogP contribution in [0.3, 0.4) is 0 Å². The van der Waals surface area contributed by atoms with Gasteiger partial charge in [-0.3, -0.25) is 18.6 Å². The summed E-state index contributed by atoms with van der Waals surface area (Å²) in [7, 11) is -4.33. The topological polar surface area (TPSA) is 134 Å². The maximum atomic E-state index is 12.2. The van der Waals surface area contributed by atoms with Gasteiger partial charge in [0.2, 0.25) is 0 Å². The highest BCUT2D eigenvalue weighted by molar-refractivity contribution is 7.47. The number of carbonyl (C=O) groups is 2. The Labute approximate surface area is 230 Å². The summed E-state index contributed by atoms with van der Waals surface area (Å²) in [5.41, 5.74) is 5.24. The van der Waals surface area contributed by atoms with Crippen LogP contribution in [0.4, 0.5) is 0 Å². The van der Waals surface area contributed by atoms with Crippen molar-refractivity contribution in [3.05, 3.63) is 12.2 Å². The molecule has 2 unspecified atom stereocenters. The average molecular weight is 564 g/mol. The van der Waals surface area contributed by atoms with Gasteiger partial charge in [-0.2, -0.15) is 0 Å². The Balaban J connectivity index is 3.81. The SMILES string of the molecule is CCCCCCCCC/C=C\CCCCCCCCCC(=O)OC(COC(C)=O)COP(=O)(O)OCCN. The Morgan fingerprint density at radius 1 is 0.816 bits per heavy atom. The molecule has 0 bridgehead atoms. The minimum Gasteiger partial charge on any atom is -0.462 e. The number of carbonyl (C=O) groups excluding carboxylic acids is 2. The molecule has 0 saturated carbocycles. The molecule has 9 nitrogen and oxygen atoms in total. The van der Waals surface area contributed by atoms with Crippen molar-refractivity contribution in [3.63, 3.8) is 0 Å². The number of hydrogen-bond donors (Lipinski definition) is 2. The van der Waals surface area contributed by atoms with E-state index in [0.29, 0.717) is 6.42 Å². The van der Waals surface area contributed by atoms with E-state index in [0.717, 1.165) is 25.7 Å². The number of phosphoric acid groups is 1. The van der Waals surface area contributed by atoms with Crippen LogP contribution >= 0.6 is 7.82 Å². The highest BCUT2D eigenvalue weighted by atomic mass is 31.2. The zero-order chi connectivity index (χ0) is 28.3. The summed E-state index contributed by atoms with van der Waals surface area (Å²) in [6.07, 6.45) is 23.2. The van der Waals surface area contributed by atoms with E-state index in [2.05, 4.69) is 23.6 Å². The molecule has 3 N–H and O–H groups in total. The van der Waals surface area contributed by atoms with E-state index >= 15 is 0 Å². The number of allylic oxidation sites excluding steroid dienone is 2. The standard InChI is InChI=1S/C28H54NO8P/c1-3-4-5-6-7-8-9-10-11-12-13-14-15-16-17-18-19-20-21-28(31)37-27(24-34-26(2)30)25-36-38(32,33)35-23-22-29/h11-12,27H,3-10,13-25,29H2,1-2H3,(H,32,33)/b12-11-. The van der Waals surface area contributed by atoms with Gasteiger partial charge in [0.1, 0.15) is 6.61 Å².